The molecule has 6 heteroatoms. The van der Waals surface area contributed by atoms with E-state index in [-0.39, 0.29) is 11.1 Å². The summed E-state index contributed by atoms with van der Waals surface area (Å²) < 4.78 is 1.54. The number of rotatable bonds is 3. The number of pyridine rings is 2. The van der Waals surface area contributed by atoms with E-state index in [0.717, 1.165) is 16.5 Å². The van der Waals surface area contributed by atoms with Gasteiger partial charge < -0.3 is 0 Å². The van der Waals surface area contributed by atoms with E-state index in [1.807, 2.05) is 42.5 Å². The first-order valence-corrected chi connectivity index (χ1v) is 8.28. The van der Waals surface area contributed by atoms with E-state index in [1.54, 1.807) is 36.2 Å². The molecule has 0 bridgehead atoms. The molecule has 0 aliphatic heterocycles. The molecule has 2 N–H and O–H groups in total. The number of hydrogen-bond donors (Lipinski definition) is 2. The summed E-state index contributed by atoms with van der Waals surface area (Å²) in [4.78, 5) is 28.7. The number of nitrogens with one attached hydrogen (secondary N) is 1. The Balaban J connectivity index is 1.86. The fourth-order valence-electron chi connectivity index (χ4n) is 3.03. The van der Waals surface area contributed by atoms with E-state index < -0.39 is 5.91 Å². The number of amides is 1. The van der Waals surface area contributed by atoms with Gasteiger partial charge in [-0.1, -0.05) is 18.2 Å². The van der Waals surface area contributed by atoms with Crippen molar-refractivity contribution in [3.8, 4) is 16.8 Å². The fraction of sp³-hybridized carbons (Fsp3) is 0. The minimum atomic E-state index is -0.661. The highest BCUT2D eigenvalue weighted by Gasteiger charge is 2.10. The lowest BCUT2D eigenvalue weighted by atomic mass is 10.1. The summed E-state index contributed by atoms with van der Waals surface area (Å²) in [5, 5.41) is 9.93. The van der Waals surface area contributed by atoms with Crippen LogP contribution in [-0.2, 0) is 0 Å². The summed E-state index contributed by atoms with van der Waals surface area (Å²) in [6.07, 6.45) is 5.15. The van der Waals surface area contributed by atoms with Crippen molar-refractivity contribution in [2.75, 3.05) is 0 Å². The lowest BCUT2D eigenvalue weighted by Gasteiger charge is -2.10. The molecule has 0 unspecified atom stereocenters. The number of nitrogens with zero attached hydrogens (tertiary/aromatic N) is 2. The summed E-state index contributed by atoms with van der Waals surface area (Å²) in [7, 11) is 0. The molecule has 0 radical (unpaired) electrons. The van der Waals surface area contributed by atoms with Crippen LogP contribution >= 0.6 is 0 Å². The average molecular weight is 357 g/mol. The molecule has 2 heterocycles. The summed E-state index contributed by atoms with van der Waals surface area (Å²) in [5.74, 6) is -0.661. The van der Waals surface area contributed by atoms with Crippen molar-refractivity contribution < 1.29 is 10.0 Å². The second-order valence-corrected chi connectivity index (χ2v) is 6.02. The highest BCUT2D eigenvalue weighted by atomic mass is 16.5. The highest BCUT2D eigenvalue weighted by Crippen LogP contribution is 2.21. The van der Waals surface area contributed by atoms with Gasteiger partial charge in [-0.3, -0.25) is 24.3 Å². The van der Waals surface area contributed by atoms with Crippen molar-refractivity contribution >= 4 is 16.7 Å². The van der Waals surface area contributed by atoms with Gasteiger partial charge in [-0.05, 0) is 59.0 Å². The normalized spacial score (nSPS) is 10.7. The van der Waals surface area contributed by atoms with Gasteiger partial charge in [0.25, 0.3) is 11.5 Å². The summed E-state index contributed by atoms with van der Waals surface area (Å²) >= 11 is 0. The zero-order valence-corrected chi connectivity index (χ0v) is 14.2. The molecule has 0 spiro atoms. The van der Waals surface area contributed by atoms with Gasteiger partial charge in [0, 0.05) is 35.2 Å². The van der Waals surface area contributed by atoms with E-state index in [4.69, 9.17) is 5.21 Å². The summed E-state index contributed by atoms with van der Waals surface area (Å²) in [6, 6.07) is 18.0. The van der Waals surface area contributed by atoms with Crippen LogP contribution in [0.2, 0.25) is 0 Å². The lowest BCUT2D eigenvalue weighted by molar-refractivity contribution is 0.0706. The van der Waals surface area contributed by atoms with Crippen molar-refractivity contribution in [1.82, 2.24) is 15.0 Å². The van der Waals surface area contributed by atoms with Gasteiger partial charge in [-0.25, -0.2) is 5.48 Å². The molecule has 0 saturated carbocycles. The lowest BCUT2D eigenvalue weighted by Crippen LogP contribution is -2.20. The number of benzene rings is 2. The van der Waals surface area contributed by atoms with Gasteiger partial charge in [-0.2, -0.15) is 0 Å². The van der Waals surface area contributed by atoms with E-state index in [1.165, 1.54) is 10.6 Å². The standard InChI is InChI=1S/C21H15N3O3/c25-20(23-27)17-5-4-15-8-11-24(21(26)19(15)13-17)18-3-1-2-16(12-18)14-6-9-22-10-7-14/h1-13,27H,(H,23,25). The van der Waals surface area contributed by atoms with Gasteiger partial charge in [0.15, 0.2) is 0 Å². The second kappa shape index (κ2) is 6.86. The molecule has 132 valence electrons. The van der Waals surface area contributed by atoms with Gasteiger partial charge in [0.2, 0.25) is 0 Å². The molecule has 2 aromatic carbocycles. The van der Waals surface area contributed by atoms with Crippen LogP contribution in [-0.4, -0.2) is 20.7 Å². The maximum atomic E-state index is 13.0. The van der Waals surface area contributed by atoms with Crippen LogP contribution in [0.3, 0.4) is 0 Å². The molecule has 4 aromatic rings. The topological polar surface area (TPSA) is 84.2 Å². The zero-order chi connectivity index (χ0) is 18.8. The Hall–Kier alpha value is -3.77. The van der Waals surface area contributed by atoms with Crippen LogP contribution in [0.4, 0.5) is 0 Å². The molecule has 0 atom stereocenters. The molecule has 6 nitrogen and oxygen atoms in total. The molecule has 0 aliphatic rings. The Labute approximate surface area is 154 Å². The molecule has 0 fully saturated rings. The van der Waals surface area contributed by atoms with Crippen molar-refractivity contribution in [1.29, 1.82) is 0 Å². The first kappa shape index (κ1) is 16.7. The van der Waals surface area contributed by atoms with Crippen LogP contribution in [0, 0.1) is 0 Å². The molecular formula is C21H15N3O3. The molecular weight excluding hydrogens is 342 g/mol. The SMILES string of the molecule is O=C(NO)c1ccc2ccn(-c3cccc(-c4ccncc4)c3)c(=O)c2c1. The van der Waals surface area contributed by atoms with Gasteiger partial charge in [0.05, 0.1) is 0 Å². The first-order valence-electron chi connectivity index (χ1n) is 8.28. The number of hydrogen-bond acceptors (Lipinski definition) is 4. The second-order valence-electron chi connectivity index (χ2n) is 6.02. The Kier molecular flexibility index (Phi) is 4.24. The smallest absolute Gasteiger partial charge is 0.274 e. The monoisotopic (exact) mass is 357 g/mol. The average Bonchev–Trinajstić information content (AvgIpc) is 2.74. The van der Waals surface area contributed by atoms with Crippen molar-refractivity contribution in [3.63, 3.8) is 0 Å². The van der Waals surface area contributed by atoms with Crippen molar-refractivity contribution in [2.45, 2.75) is 0 Å². The number of hydroxylamine groups is 1. The molecule has 2 aromatic heterocycles. The Morgan fingerprint density at radius 2 is 1.78 bits per heavy atom. The van der Waals surface area contributed by atoms with Crippen LogP contribution < -0.4 is 11.0 Å². The maximum Gasteiger partial charge on any atom is 0.274 e. The zero-order valence-electron chi connectivity index (χ0n) is 14.2. The van der Waals surface area contributed by atoms with E-state index in [0.29, 0.717) is 11.1 Å². The van der Waals surface area contributed by atoms with Crippen LogP contribution in [0.5, 0.6) is 0 Å². The van der Waals surface area contributed by atoms with Crippen molar-refractivity contribution in [2.24, 2.45) is 0 Å². The maximum absolute atomic E-state index is 13.0. The molecule has 0 aliphatic carbocycles. The quantitative estimate of drug-likeness (QED) is 0.436. The van der Waals surface area contributed by atoms with Crippen molar-refractivity contribution in [3.05, 3.63) is 95.2 Å². The Morgan fingerprint density at radius 3 is 2.56 bits per heavy atom. The fourth-order valence-corrected chi connectivity index (χ4v) is 3.03. The minimum absolute atomic E-state index is 0.213. The molecule has 4 rings (SSSR count). The summed E-state index contributed by atoms with van der Waals surface area (Å²) in [5.41, 5.74) is 4.24. The predicted molar refractivity (Wildman–Crippen MR) is 102 cm³/mol. The number of fused-ring (bicyclic) bond motifs is 1. The third-order valence-electron chi connectivity index (χ3n) is 4.41. The molecule has 1 amide bonds. The van der Waals surface area contributed by atoms with Crippen LogP contribution in [0.25, 0.3) is 27.6 Å². The molecule has 0 saturated heterocycles. The highest BCUT2D eigenvalue weighted by molar-refractivity contribution is 5.97. The third-order valence-corrected chi connectivity index (χ3v) is 4.41. The summed E-state index contributed by atoms with van der Waals surface area (Å²) in [6.45, 7) is 0. The van der Waals surface area contributed by atoms with E-state index in [2.05, 4.69) is 4.98 Å². The van der Waals surface area contributed by atoms with E-state index >= 15 is 0 Å². The van der Waals surface area contributed by atoms with Gasteiger partial charge in [-0.15, -0.1) is 0 Å². The Bertz CT molecular complexity index is 1200. The van der Waals surface area contributed by atoms with Crippen LogP contribution in [0.1, 0.15) is 10.4 Å². The van der Waals surface area contributed by atoms with Gasteiger partial charge in [0.1, 0.15) is 0 Å². The van der Waals surface area contributed by atoms with E-state index in [9.17, 15) is 9.59 Å². The number of carbonyl (C=O) groups excluding carboxylic acids is 1. The predicted octanol–water partition coefficient (Wildman–Crippen LogP) is 3.17. The Morgan fingerprint density at radius 1 is 0.963 bits per heavy atom. The number of carbonyl (C=O) groups is 1. The number of aromatic nitrogens is 2. The largest absolute Gasteiger partial charge is 0.288 e. The van der Waals surface area contributed by atoms with Crippen LogP contribution in [0.15, 0.2) is 84.0 Å². The first-order chi connectivity index (χ1) is 13.2. The van der Waals surface area contributed by atoms with Gasteiger partial charge >= 0.3 is 0 Å². The third kappa shape index (κ3) is 3.09. The minimum Gasteiger partial charge on any atom is -0.288 e. The molecule has 27 heavy (non-hydrogen) atoms.